The van der Waals surface area contributed by atoms with Crippen LogP contribution in [0, 0.1) is 5.92 Å². The molecule has 0 atom stereocenters. The van der Waals surface area contributed by atoms with E-state index >= 15 is 0 Å². The zero-order valence-electron chi connectivity index (χ0n) is 9.02. The molecule has 3 nitrogen and oxygen atoms in total. The molecule has 16 heavy (non-hydrogen) atoms. The van der Waals surface area contributed by atoms with Crippen molar-refractivity contribution in [2.45, 2.75) is 12.8 Å². The average molecular weight is 242 g/mol. The number of rotatable bonds is 2. The maximum absolute atomic E-state index is 11.7. The third-order valence-electron chi connectivity index (χ3n) is 2.63. The second-order valence-corrected chi connectivity index (χ2v) is 3.76. The molecule has 1 aliphatic rings. The van der Waals surface area contributed by atoms with Crippen molar-refractivity contribution < 1.29 is 9.53 Å². The van der Waals surface area contributed by atoms with Gasteiger partial charge in [0.15, 0.2) is 0 Å². The lowest BCUT2D eigenvalue weighted by molar-refractivity contribution is -0.139. The number of nitrogens with one attached hydrogen (secondary N) is 1. The lowest BCUT2D eigenvalue weighted by atomic mass is 9.98. The quantitative estimate of drug-likeness (QED) is 0.636. The van der Waals surface area contributed by atoms with E-state index in [1.807, 2.05) is 18.2 Å². The molecule has 0 amide bonds. The second-order valence-electron chi connectivity index (χ2n) is 3.76. The largest absolute Gasteiger partial charge is 0.426 e. The van der Waals surface area contributed by atoms with Crippen molar-refractivity contribution in [1.29, 1.82) is 0 Å². The maximum atomic E-state index is 11.7. The molecule has 0 aromatic heterocycles. The molecular formula is C12H16ClNO2. The molecule has 0 radical (unpaired) electrons. The number of para-hydroxylation sites is 1. The van der Waals surface area contributed by atoms with Crippen molar-refractivity contribution in [3.8, 4) is 5.75 Å². The number of esters is 1. The number of benzene rings is 1. The topological polar surface area (TPSA) is 38.3 Å². The van der Waals surface area contributed by atoms with Crippen LogP contribution in [0.5, 0.6) is 5.75 Å². The summed E-state index contributed by atoms with van der Waals surface area (Å²) < 4.78 is 5.29. The SMILES string of the molecule is Cl.O=C(Oc1ccccc1)C1CCNCC1. The summed E-state index contributed by atoms with van der Waals surface area (Å²) in [6.07, 6.45) is 1.76. The van der Waals surface area contributed by atoms with Gasteiger partial charge >= 0.3 is 5.97 Å². The predicted molar refractivity (Wildman–Crippen MR) is 64.9 cm³/mol. The molecular weight excluding hydrogens is 226 g/mol. The number of ether oxygens (including phenoxy) is 1. The Morgan fingerprint density at radius 1 is 1.19 bits per heavy atom. The molecule has 1 aromatic carbocycles. The Morgan fingerprint density at radius 3 is 2.44 bits per heavy atom. The lowest BCUT2D eigenvalue weighted by Gasteiger charge is -2.20. The van der Waals surface area contributed by atoms with Gasteiger partial charge in [-0.25, -0.2) is 0 Å². The first-order chi connectivity index (χ1) is 7.36. The first kappa shape index (κ1) is 13.0. The zero-order chi connectivity index (χ0) is 10.5. The van der Waals surface area contributed by atoms with Gasteiger partial charge in [0.25, 0.3) is 0 Å². The fourth-order valence-electron chi connectivity index (χ4n) is 1.75. The average Bonchev–Trinajstić information content (AvgIpc) is 2.31. The van der Waals surface area contributed by atoms with Gasteiger partial charge in [-0.15, -0.1) is 12.4 Å². The summed E-state index contributed by atoms with van der Waals surface area (Å²) in [4.78, 5) is 11.7. The molecule has 88 valence electrons. The molecule has 1 N–H and O–H groups in total. The molecule has 1 saturated heterocycles. The Balaban J connectivity index is 0.00000128. The van der Waals surface area contributed by atoms with E-state index in [9.17, 15) is 4.79 Å². The van der Waals surface area contributed by atoms with Crippen LogP contribution in [0.25, 0.3) is 0 Å². The second kappa shape index (κ2) is 6.51. The monoisotopic (exact) mass is 241 g/mol. The van der Waals surface area contributed by atoms with Gasteiger partial charge in [0, 0.05) is 0 Å². The minimum atomic E-state index is -0.0947. The van der Waals surface area contributed by atoms with E-state index in [2.05, 4.69) is 5.32 Å². The Hall–Kier alpha value is -1.06. The predicted octanol–water partition coefficient (Wildman–Crippen LogP) is 2.01. The third kappa shape index (κ3) is 3.51. The Labute approximate surface area is 102 Å². The molecule has 2 rings (SSSR count). The summed E-state index contributed by atoms with van der Waals surface area (Å²) in [5, 5.41) is 3.23. The van der Waals surface area contributed by atoms with Crippen LogP contribution >= 0.6 is 12.4 Å². The van der Waals surface area contributed by atoms with Gasteiger partial charge in [-0.05, 0) is 38.1 Å². The van der Waals surface area contributed by atoms with Gasteiger partial charge in [0.1, 0.15) is 5.75 Å². The fourth-order valence-corrected chi connectivity index (χ4v) is 1.75. The van der Waals surface area contributed by atoms with Crippen molar-refractivity contribution in [2.75, 3.05) is 13.1 Å². The van der Waals surface area contributed by atoms with E-state index in [4.69, 9.17) is 4.74 Å². The van der Waals surface area contributed by atoms with Gasteiger partial charge in [0.05, 0.1) is 5.92 Å². The highest BCUT2D eigenvalue weighted by Crippen LogP contribution is 2.16. The van der Waals surface area contributed by atoms with Gasteiger partial charge < -0.3 is 10.1 Å². The first-order valence-electron chi connectivity index (χ1n) is 5.34. The van der Waals surface area contributed by atoms with Crippen LogP contribution in [0.2, 0.25) is 0 Å². The summed E-state index contributed by atoms with van der Waals surface area (Å²) in [6.45, 7) is 1.82. The normalized spacial score (nSPS) is 16.2. The van der Waals surface area contributed by atoms with Crippen molar-refractivity contribution in [3.05, 3.63) is 30.3 Å². The fraction of sp³-hybridized carbons (Fsp3) is 0.417. The number of halogens is 1. The van der Waals surface area contributed by atoms with Gasteiger partial charge in [-0.2, -0.15) is 0 Å². The van der Waals surface area contributed by atoms with Crippen molar-refractivity contribution in [2.24, 2.45) is 5.92 Å². The Kier molecular flexibility index (Phi) is 5.29. The summed E-state index contributed by atoms with van der Waals surface area (Å²) in [5.41, 5.74) is 0. The van der Waals surface area contributed by atoms with Crippen LogP contribution in [-0.4, -0.2) is 19.1 Å². The smallest absolute Gasteiger partial charge is 0.314 e. The van der Waals surface area contributed by atoms with Crippen molar-refractivity contribution >= 4 is 18.4 Å². The van der Waals surface area contributed by atoms with E-state index < -0.39 is 0 Å². The molecule has 0 unspecified atom stereocenters. The molecule has 1 aliphatic heterocycles. The van der Waals surface area contributed by atoms with Crippen LogP contribution in [0.15, 0.2) is 30.3 Å². The number of carbonyl (C=O) groups excluding carboxylic acids is 1. The summed E-state index contributed by atoms with van der Waals surface area (Å²) in [5.74, 6) is 0.607. The molecule has 1 fully saturated rings. The van der Waals surface area contributed by atoms with Crippen LogP contribution in [0.3, 0.4) is 0 Å². The van der Waals surface area contributed by atoms with E-state index in [-0.39, 0.29) is 24.3 Å². The van der Waals surface area contributed by atoms with Gasteiger partial charge in [-0.3, -0.25) is 4.79 Å². The number of piperidine rings is 1. The highest BCUT2D eigenvalue weighted by atomic mass is 35.5. The molecule has 1 heterocycles. The minimum absolute atomic E-state index is 0. The van der Waals surface area contributed by atoms with E-state index in [0.717, 1.165) is 25.9 Å². The van der Waals surface area contributed by atoms with E-state index in [1.165, 1.54) is 0 Å². The molecule has 4 heteroatoms. The Bertz CT molecular complexity index is 323. The van der Waals surface area contributed by atoms with Crippen molar-refractivity contribution in [1.82, 2.24) is 5.32 Å². The number of hydrogen-bond acceptors (Lipinski definition) is 3. The van der Waals surface area contributed by atoms with Gasteiger partial charge in [-0.1, -0.05) is 18.2 Å². The van der Waals surface area contributed by atoms with Crippen LogP contribution in [-0.2, 0) is 4.79 Å². The lowest BCUT2D eigenvalue weighted by Crippen LogP contribution is -2.33. The zero-order valence-corrected chi connectivity index (χ0v) is 9.83. The summed E-state index contributed by atoms with van der Waals surface area (Å²) >= 11 is 0. The Morgan fingerprint density at radius 2 is 1.81 bits per heavy atom. The highest BCUT2D eigenvalue weighted by molar-refractivity contribution is 5.85. The number of carbonyl (C=O) groups is 1. The van der Waals surface area contributed by atoms with Crippen LogP contribution < -0.4 is 10.1 Å². The van der Waals surface area contributed by atoms with Crippen LogP contribution in [0.4, 0.5) is 0 Å². The number of hydrogen-bond donors (Lipinski definition) is 1. The molecule has 0 aliphatic carbocycles. The maximum Gasteiger partial charge on any atom is 0.314 e. The molecule has 1 aromatic rings. The first-order valence-corrected chi connectivity index (χ1v) is 5.34. The molecule has 0 bridgehead atoms. The van der Waals surface area contributed by atoms with E-state index in [1.54, 1.807) is 12.1 Å². The minimum Gasteiger partial charge on any atom is -0.426 e. The van der Waals surface area contributed by atoms with Crippen LogP contribution in [0.1, 0.15) is 12.8 Å². The molecule has 0 spiro atoms. The van der Waals surface area contributed by atoms with Crippen molar-refractivity contribution in [3.63, 3.8) is 0 Å². The molecule has 0 saturated carbocycles. The standard InChI is InChI=1S/C12H15NO2.ClH/c14-12(10-6-8-13-9-7-10)15-11-4-2-1-3-5-11;/h1-5,10,13H,6-9H2;1H. The van der Waals surface area contributed by atoms with E-state index in [0.29, 0.717) is 5.75 Å². The summed E-state index contributed by atoms with van der Waals surface area (Å²) in [6, 6.07) is 9.25. The highest BCUT2D eigenvalue weighted by Gasteiger charge is 2.22. The summed E-state index contributed by atoms with van der Waals surface area (Å²) in [7, 11) is 0. The van der Waals surface area contributed by atoms with Gasteiger partial charge in [0.2, 0.25) is 0 Å². The third-order valence-corrected chi connectivity index (χ3v) is 2.63.